The van der Waals surface area contributed by atoms with E-state index in [0.29, 0.717) is 20.9 Å². The van der Waals surface area contributed by atoms with Gasteiger partial charge in [0.15, 0.2) is 5.09 Å². The summed E-state index contributed by atoms with van der Waals surface area (Å²) in [6, 6.07) is 13.8. The predicted octanol–water partition coefficient (Wildman–Crippen LogP) is 6.92. The van der Waals surface area contributed by atoms with E-state index in [4.69, 9.17) is 39.2 Å². The van der Waals surface area contributed by atoms with Crippen LogP contribution in [0.2, 0.25) is 15.1 Å². The number of hydrazone groups is 1. The standard InChI is InChI=1S/C18H10BrCl3N2O2S/c19-15-8-12(26-18(15)27-13-4-1-10(20)2-5-13)9-23-24-17(25)14-6-3-11(21)7-16(14)22/h1-9H,(H,24,25). The number of carbonyl (C=O) groups excluding carboxylic acids is 1. The number of rotatable bonds is 5. The molecule has 3 aromatic rings. The molecule has 4 nitrogen and oxygen atoms in total. The van der Waals surface area contributed by atoms with E-state index in [0.717, 1.165) is 9.37 Å². The zero-order valence-corrected chi connectivity index (χ0v) is 18.1. The average molecular weight is 505 g/mol. The van der Waals surface area contributed by atoms with Crippen LogP contribution in [0.5, 0.6) is 0 Å². The molecule has 1 heterocycles. The van der Waals surface area contributed by atoms with Gasteiger partial charge in [-0.05, 0) is 58.4 Å². The van der Waals surface area contributed by atoms with Crippen molar-refractivity contribution in [2.45, 2.75) is 9.99 Å². The molecule has 0 aliphatic carbocycles. The molecule has 0 aliphatic rings. The minimum absolute atomic E-state index is 0.248. The van der Waals surface area contributed by atoms with Crippen LogP contribution in [0.1, 0.15) is 16.1 Å². The second kappa shape index (κ2) is 9.17. The van der Waals surface area contributed by atoms with Crippen LogP contribution in [-0.4, -0.2) is 12.1 Å². The van der Waals surface area contributed by atoms with Gasteiger partial charge in [-0.2, -0.15) is 5.10 Å². The van der Waals surface area contributed by atoms with Gasteiger partial charge in [0.25, 0.3) is 5.91 Å². The number of benzene rings is 2. The Labute approximate surface area is 183 Å². The zero-order chi connectivity index (χ0) is 19.4. The third-order valence-corrected chi connectivity index (χ3v) is 5.88. The highest BCUT2D eigenvalue weighted by molar-refractivity contribution is 9.10. The molecule has 0 bridgehead atoms. The van der Waals surface area contributed by atoms with Crippen molar-refractivity contribution >= 4 is 74.6 Å². The van der Waals surface area contributed by atoms with E-state index in [-0.39, 0.29) is 10.6 Å². The Balaban J connectivity index is 1.65. The molecule has 0 saturated heterocycles. The number of nitrogens with one attached hydrogen (secondary N) is 1. The summed E-state index contributed by atoms with van der Waals surface area (Å²) < 4.78 is 6.49. The third kappa shape index (κ3) is 5.53. The van der Waals surface area contributed by atoms with Crippen molar-refractivity contribution in [1.29, 1.82) is 0 Å². The van der Waals surface area contributed by atoms with E-state index in [1.165, 1.54) is 30.1 Å². The molecule has 0 fully saturated rings. The van der Waals surface area contributed by atoms with E-state index < -0.39 is 5.91 Å². The van der Waals surface area contributed by atoms with Crippen molar-refractivity contribution in [2.75, 3.05) is 0 Å². The van der Waals surface area contributed by atoms with Crippen molar-refractivity contribution in [3.05, 3.63) is 79.4 Å². The maximum Gasteiger partial charge on any atom is 0.272 e. The number of hydrogen-bond acceptors (Lipinski definition) is 4. The van der Waals surface area contributed by atoms with Crippen LogP contribution in [0.25, 0.3) is 0 Å². The Morgan fingerprint density at radius 1 is 1.07 bits per heavy atom. The van der Waals surface area contributed by atoms with Gasteiger partial charge in [0.2, 0.25) is 0 Å². The highest BCUT2D eigenvalue weighted by atomic mass is 79.9. The van der Waals surface area contributed by atoms with E-state index in [1.807, 2.05) is 12.1 Å². The first-order valence-corrected chi connectivity index (χ1v) is 10.2. The fourth-order valence-electron chi connectivity index (χ4n) is 2.00. The lowest BCUT2D eigenvalue weighted by molar-refractivity contribution is 0.0955. The van der Waals surface area contributed by atoms with Gasteiger partial charge >= 0.3 is 0 Å². The molecule has 0 atom stereocenters. The van der Waals surface area contributed by atoms with Crippen molar-refractivity contribution in [3.8, 4) is 0 Å². The Hall–Kier alpha value is -1.44. The van der Waals surface area contributed by atoms with Gasteiger partial charge in [-0.3, -0.25) is 4.79 Å². The number of hydrogen-bond donors (Lipinski definition) is 1. The molecule has 1 N–H and O–H groups in total. The Morgan fingerprint density at radius 2 is 1.78 bits per heavy atom. The SMILES string of the molecule is O=C(NN=Cc1cc(Br)c(Sc2ccc(Cl)cc2)o1)c1ccc(Cl)cc1Cl. The molecule has 0 spiro atoms. The highest BCUT2D eigenvalue weighted by Crippen LogP contribution is 2.35. The maximum atomic E-state index is 12.1. The van der Waals surface area contributed by atoms with Crippen LogP contribution in [0.15, 0.2) is 72.5 Å². The Morgan fingerprint density at radius 3 is 2.48 bits per heavy atom. The molecule has 138 valence electrons. The summed E-state index contributed by atoms with van der Waals surface area (Å²) in [5, 5.41) is 5.92. The monoisotopic (exact) mass is 502 g/mol. The topological polar surface area (TPSA) is 54.6 Å². The van der Waals surface area contributed by atoms with Crippen LogP contribution >= 0.6 is 62.5 Å². The highest BCUT2D eigenvalue weighted by Gasteiger charge is 2.11. The first-order valence-electron chi connectivity index (χ1n) is 7.43. The lowest BCUT2D eigenvalue weighted by Gasteiger charge is -2.02. The van der Waals surface area contributed by atoms with E-state index >= 15 is 0 Å². The normalized spacial score (nSPS) is 11.1. The van der Waals surface area contributed by atoms with E-state index in [2.05, 4.69) is 26.5 Å². The summed E-state index contributed by atoms with van der Waals surface area (Å²) in [4.78, 5) is 13.1. The van der Waals surface area contributed by atoms with Crippen LogP contribution in [0, 0.1) is 0 Å². The number of nitrogens with zero attached hydrogens (tertiary/aromatic N) is 1. The molecule has 1 aromatic heterocycles. The summed E-state index contributed by atoms with van der Waals surface area (Å²) >= 11 is 22.6. The van der Waals surface area contributed by atoms with Crippen molar-refractivity contribution in [1.82, 2.24) is 5.43 Å². The van der Waals surface area contributed by atoms with Gasteiger partial charge < -0.3 is 4.42 Å². The van der Waals surface area contributed by atoms with Crippen molar-refractivity contribution in [3.63, 3.8) is 0 Å². The van der Waals surface area contributed by atoms with Gasteiger partial charge in [-0.1, -0.05) is 46.6 Å². The molecular formula is C18H10BrCl3N2O2S. The lowest BCUT2D eigenvalue weighted by atomic mass is 10.2. The second-order valence-corrected chi connectivity index (χ2v) is 8.34. The number of carbonyl (C=O) groups is 1. The molecule has 1 amide bonds. The maximum absolute atomic E-state index is 12.1. The summed E-state index contributed by atoms with van der Waals surface area (Å²) in [6.45, 7) is 0. The molecular weight excluding hydrogens is 495 g/mol. The first kappa shape index (κ1) is 20.3. The molecule has 0 saturated carbocycles. The van der Waals surface area contributed by atoms with E-state index in [1.54, 1.807) is 24.3 Å². The van der Waals surface area contributed by atoms with Crippen LogP contribution in [-0.2, 0) is 0 Å². The van der Waals surface area contributed by atoms with Crippen molar-refractivity contribution < 1.29 is 9.21 Å². The van der Waals surface area contributed by atoms with Gasteiger partial charge in [-0.25, -0.2) is 5.43 Å². The van der Waals surface area contributed by atoms with Gasteiger partial charge in [-0.15, -0.1) is 0 Å². The molecule has 0 unspecified atom stereocenters. The molecule has 0 radical (unpaired) electrons. The van der Waals surface area contributed by atoms with Crippen LogP contribution < -0.4 is 5.43 Å². The Kier molecular flexibility index (Phi) is 6.89. The second-order valence-electron chi connectivity index (χ2n) is 5.16. The minimum atomic E-state index is -0.450. The summed E-state index contributed by atoms with van der Waals surface area (Å²) in [5.74, 6) is 0.0233. The number of furan rings is 1. The Bertz CT molecular complexity index is 1010. The molecule has 3 rings (SSSR count). The van der Waals surface area contributed by atoms with Crippen LogP contribution in [0.3, 0.4) is 0 Å². The quantitative estimate of drug-likeness (QED) is 0.303. The smallest absolute Gasteiger partial charge is 0.272 e. The predicted molar refractivity (Wildman–Crippen MR) is 114 cm³/mol. The fraction of sp³-hybridized carbons (Fsp3) is 0. The third-order valence-electron chi connectivity index (χ3n) is 3.23. The zero-order valence-electron chi connectivity index (χ0n) is 13.4. The van der Waals surface area contributed by atoms with Gasteiger partial charge in [0, 0.05) is 21.0 Å². The van der Waals surface area contributed by atoms with Crippen LogP contribution in [0.4, 0.5) is 0 Å². The number of halogens is 4. The van der Waals surface area contributed by atoms with Crippen molar-refractivity contribution in [2.24, 2.45) is 5.10 Å². The largest absolute Gasteiger partial charge is 0.447 e. The minimum Gasteiger partial charge on any atom is -0.447 e. The van der Waals surface area contributed by atoms with Gasteiger partial charge in [0.1, 0.15) is 5.76 Å². The van der Waals surface area contributed by atoms with E-state index in [9.17, 15) is 4.79 Å². The summed E-state index contributed by atoms with van der Waals surface area (Å²) in [6.07, 6.45) is 1.40. The summed E-state index contributed by atoms with van der Waals surface area (Å²) in [7, 11) is 0. The average Bonchev–Trinajstić information content (AvgIpc) is 2.96. The van der Waals surface area contributed by atoms with Gasteiger partial charge in [0.05, 0.1) is 21.3 Å². The molecule has 27 heavy (non-hydrogen) atoms. The molecule has 0 aliphatic heterocycles. The summed E-state index contributed by atoms with van der Waals surface area (Å²) in [5.41, 5.74) is 2.67. The molecule has 2 aromatic carbocycles. The lowest BCUT2D eigenvalue weighted by Crippen LogP contribution is -2.17. The first-order chi connectivity index (χ1) is 12.9. The number of amides is 1. The molecule has 9 heteroatoms. The fourth-order valence-corrected chi connectivity index (χ4v) is 3.95.